The van der Waals surface area contributed by atoms with E-state index >= 15 is 0 Å². The molecule has 0 aliphatic carbocycles. The quantitative estimate of drug-likeness (QED) is 0.123. The van der Waals surface area contributed by atoms with E-state index in [4.69, 9.17) is 17.2 Å². The summed E-state index contributed by atoms with van der Waals surface area (Å²) in [6, 6.07) is 12.4. The minimum absolute atomic E-state index is 0.0196. The topological polar surface area (TPSA) is 237 Å². The molecule has 4 unspecified atom stereocenters. The zero-order chi connectivity index (χ0) is 30.4. The highest BCUT2D eigenvalue weighted by Gasteiger charge is 2.31. The fourth-order valence-electron chi connectivity index (χ4n) is 3.92. The number of rotatable bonds is 17. The van der Waals surface area contributed by atoms with Gasteiger partial charge in [0.2, 0.25) is 29.5 Å². The lowest BCUT2D eigenvalue weighted by Gasteiger charge is -2.25. The molecule has 0 saturated heterocycles. The van der Waals surface area contributed by atoms with Crippen LogP contribution in [0, 0.1) is 0 Å². The van der Waals surface area contributed by atoms with Gasteiger partial charge in [-0.25, -0.2) is 4.79 Å². The molecule has 0 radical (unpaired) electrons. The molecule has 4 atom stereocenters. The van der Waals surface area contributed by atoms with Crippen molar-refractivity contribution >= 4 is 35.5 Å². The first-order valence-corrected chi connectivity index (χ1v) is 13.0. The van der Waals surface area contributed by atoms with E-state index in [1.54, 1.807) is 60.7 Å². The molecule has 0 heterocycles. The molecule has 2 aromatic carbocycles. The van der Waals surface area contributed by atoms with Gasteiger partial charge in [0.1, 0.15) is 18.1 Å². The van der Waals surface area contributed by atoms with Crippen molar-refractivity contribution in [2.75, 3.05) is 0 Å². The standard InChI is InChI=1S/C28H36N6O7/c29-19(11-13-23(30)35)25(37)33-21(15-17-7-3-1-4-8-17)27(39)32-20(12-14-24(31)36)26(38)34-22(28(40)41)16-18-9-5-2-6-10-18/h1-10,19-22H,11-16,29H2,(H2,30,35)(H2,31,36)(H,32,39)(H,33,37)(H,34,38)(H,40,41). The number of carbonyl (C=O) groups excluding carboxylic acids is 5. The zero-order valence-electron chi connectivity index (χ0n) is 22.5. The Kier molecular flexibility index (Phi) is 12.9. The van der Waals surface area contributed by atoms with Gasteiger partial charge in [0.15, 0.2) is 0 Å². The third-order valence-electron chi connectivity index (χ3n) is 6.16. The fraction of sp³-hybridized carbons (Fsp3) is 0.357. The van der Waals surface area contributed by atoms with E-state index in [2.05, 4.69) is 16.0 Å². The molecule has 2 aromatic rings. The minimum Gasteiger partial charge on any atom is -0.480 e. The predicted molar refractivity (Wildman–Crippen MR) is 149 cm³/mol. The van der Waals surface area contributed by atoms with Gasteiger partial charge in [-0.2, -0.15) is 0 Å². The molecule has 5 amide bonds. The molecule has 41 heavy (non-hydrogen) atoms. The first-order valence-electron chi connectivity index (χ1n) is 13.0. The second-order valence-electron chi connectivity index (χ2n) is 9.52. The molecule has 2 rings (SSSR count). The van der Waals surface area contributed by atoms with E-state index in [1.807, 2.05) is 0 Å². The predicted octanol–water partition coefficient (Wildman–Crippen LogP) is -1.13. The van der Waals surface area contributed by atoms with Gasteiger partial charge in [-0.05, 0) is 24.0 Å². The van der Waals surface area contributed by atoms with Crippen molar-refractivity contribution < 1.29 is 33.9 Å². The molecule has 0 aromatic heterocycles. The highest BCUT2D eigenvalue weighted by molar-refractivity contribution is 5.94. The normalized spacial score (nSPS) is 13.6. The molecule has 13 heteroatoms. The van der Waals surface area contributed by atoms with Crippen LogP contribution in [0.3, 0.4) is 0 Å². The summed E-state index contributed by atoms with van der Waals surface area (Å²) in [7, 11) is 0. The van der Waals surface area contributed by atoms with Crippen LogP contribution in [0.15, 0.2) is 60.7 Å². The summed E-state index contributed by atoms with van der Waals surface area (Å²) in [6.45, 7) is 0. The van der Waals surface area contributed by atoms with E-state index in [0.29, 0.717) is 11.1 Å². The molecule has 0 saturated carbocycles. The van der Waals surface area contributed by atoms with Gasteiger partial charge in [0, 0.05) is 25.7 Å². The van der Waals surface area contributed by atoms with Gasteiger partial charge in [-0.15, -0.1) is 0 Å². The molecule has 0 aliphatic heterocycles. The Balaban J connectivity index is 2.23. The molecular formula is C28H36N6O7. The Morgan fingerprint density at radius 2 is 1.02 bits per heavy atom. The highest BCUT2D eigenvalue weighted by atomic mass is 16.4. The minimum atomic E-state index is -1.34. The van der Waals surface area contributed by atoms with Crippen molar-refractivity contribution in [2.45, 2.75) is 62.7 Å². The summed E-state index contributed by atoms with van der Waals surface area (Å²) in [4.78, 5) is 73.7. The Bertz CT molecular complexity index is 1210. The van der Waals surface area contributed by atoms with E-state index in [9.17, 15) is 33.9 Å². The number of amides is 5. The number of primary amides is 2. The van der Waals surface area contributed by atoms with Crippen molar-refractivity contribution in [3.8, 4) is 0 Å². The number of aliphatic carboxylic acids is 1. The summed E-state index contributed by atoms with van der Waals surface area (Å²) in [5, 5.41) is 17.2. The summed E-state index contributed by atoms with van der Waals surface area (Å²) in [5.41, 5.74) is 17.6. The summed E-state index contributed by atoms with van der Waals surface area (Å²) >= 11 is 0. The maximum Gasteiger partial charge on any atom is 0.326 e. The van der Waals surface area contributed by atoms with E-state index < -0.39 is 59.7 Å². The lowest BCUT2D eigenvalue weighted by atomic mass is 10.0. The van der Waals surface area contributed by atoms with Crippen LogP contribution in [0.2, 0.25) is 0 Å². The summed E-state index contributed by atoms with van der Waals surface area (Å²) in [5.74, 6) is -4.99. The van der Waals surface area contributed by atoms with Crippen molar-refractivity contribution in [1.82, 2.24) is 16.0 Å². The fourth-order valence-corrected chi connectivity index (χ4v) is 3.92. The van der Waals surface area contributed by atoms with Crippen LogP contribution in [0.4, 0.5) is 0 Å². The first kappa shape index (κ1) is 32.4. The Morgan fingerprint density at radius 3 is 1.51 bits per heavy atom. The SMILES string of the molecule is NC(=O)CCC(N)C(=O)NC(Cc1ccccc1)C(=O)NC(CCC(N)=O)C(=O)NC(Cc1ccccc1)C(=O)O. The number of carboxylic acids is 1. The molecular weight excluding hydrogens is 532 g/mol. The van der Waals surface area contributed by atoms with Crippen molar-refractivity contribution in [2.24, 2.45) is 17.2 Å². The van der Waals surface area contributed by atoms with Gasteiger partial charge in [0.05, 0.1) is 6.04 Å². The average molecular weight is 569 g/mol. The number of carbonyl (C=O) groups is 6. The number of hydrogen-bond acceptors (Lipinski definition) is 7. The average Bonchev–Trinajstić information content (AvgIpc) is 2.93. The first-order chi connectivity index (χ1) is 19.5. The molecule has 0 aliphatic rings. The number of nitrogens with two attached hydrogens (primary N) is 3. The van der Waals surface area contributed by atoms with Crippen molar-refractivity contribution in [3.63, 3.8) is 0 Å². The second-order valence-corrected chi connectivity index (χ2v) is 9.52. The van der Waals surface area contributed by atoms with Crippen LogP contribution in [-0.4, -0.2) is 64.8 Å². The van der Waals surface area contributed by atoms with E-state index in [0.717, 1.165) is 0 Å². The van der Waals surface area contributed by atoms with Crippen LogP contribution >= 0.6 is 0 Å². The molecule has 0 spiro atoms. The molecule has 10 N–H and O–H groups in total. The summed E-state index contributed by atoms with van der Waals surface area (Å²) < 4.78 is 0. The second kappa shape index (κ2) is 16.4. The van der Waals surface area contributed by atoms with Gasteiger partial charge < -0.3 is 38.3 Å². The summed E-state index contributed by atoms with van der Waals surface area (Å²) in [6.07, 6.45) is -0.655. The van der Waals surface area contributed by atoms with E-state index in [-0.39, 0.29) is 38.5 Å². The number of nitrogens with one attached hydrogen (secondary N) is 3. The maximum atomic E-state index is 13.4. The van der Waals surface area contributed by atoms with Crippen LogP contribution < -0.4 is 33.2 Å². The lowest BCUT2D eigenvalue weighted by Crippen LogP contribution is -2.58. The third kappa shape index (κ3) is 11.9. The van der Waals surface area contributed by atoms with Gasteiger partial charge in [-0.1, -0.05) is 60.7 Å². The lowest BCUT2D eigenvalue weighted by molar-refractivity contribution is -0.142. The molecule has 0 fully saturated rings. The van der Waals surface area contributed by atoms with Gasteiger partial charge in [-0.3, -0.25) is 24.0 Å². The van der Waals surface area contributed by atoms with Crippen molar-refractivity contribution in [3.05, 3.63) is 71.8 Å². The zero-order valence-corrected chi connectivity index (χ0v) is 22.5. The largest absolute Gasteiger partial charge is 0.480 e. The van der Waals surface area contributed by atoms with Crippen molar-refractivity contribution in [1.29, 1.82) is 0 Å². The third-order valence-corrected chi connectivity index (χ3v) is 6.16. The van der Waals surface area contributed by atoms with Crippen LogP contribution in [0.5, 0.6) is 0 Å². The van der Waals surface area contributed by atoms with Crippen LogP contribution in [0.1, 0.15) is 36.8 Å². The Hall–Kier alpha value is -4.78. The monoisotopic (exact) mass is 568 g/mol. The molecule has 13 nitrogen and oxygen atoms in total. The smallest absolute Gasteiger partial charge is 0.326 e. The van der Waals surface area contributed by atoms with Crippen LogP contribution in [-0.2, 0) is 41.6 Å². The van der Waals surface area contributed by atoms with Gasteiger partial charge in [0.25, 0.3) is 0 Å². The Morgan fingerprint density at radius 1 is 0.610 bits per heavy atom. The number of hydrogen-bond donors (Lipinski definition) is 7. The Labute approximate surface area is 237 Å². The number of carboxylic acid groups (broad SMARTS) is 1. The molecule has 220 valence electrons. The molecule has 0 bridgehead atoms. The maximum absolute atomic E-state index is 13.4. The number of benzene rings is 2. The van der Waals surface area contributed by atoms with E-state index in [1.165, 1.54) is 0 Å². The van der Waals surface area contributed by atoms with Crippen LogP contribution in [0.25, 0.3) is 0 Å². The van der Waals surface area contributed by atoms with Gasteiger partial charge >= 0.3 is 5.97 Å². The highest BCUT2D eigenvalue weighted by Crippen LogP contribution is 2.08.